The van der Waals surface area contributed by atoms with E-state index >= 15 is 0 Å². The number of carbonyl (C=O) groups excluding carboxylic acids is 1. The first-order chi connectivity index (χ1) is 16.3. The first kappa shape index (κ1) is 22.7. The fourth-order valence-corrected chi connectivity index (χ4v) is 5.61. The summed E-state index contributed by atoms with van der Waals surface area (Å²) in [5.41, 5.74) is 2.78. The number of rotatable bonds is 3. The molecule has 3 aromatic carbocycles. The predicted molar refractivity (Wildman–Crippen MR) is 129 cm³/mol. The highest BCUT2D eigenvalue weighted by atomic mass is 35.5. The number of halogens is 4. The summed E-state index contributed by atoms with van der Waals surface area (Å²) in [4.78, 5) is 16.6. The largest absolute Gasteiger partial charge is 0.416 e. The summed E-state index contributed by atoms with van der Waals surface area (Å²) >= 11 is 7.75. The van der Waals surface area contributed by atoms with Gasteiger partial charge in [-0.05, 0) is 59.0 Å². The van der Waals surface area contributed by atoms with E-state index in [1.54, 1.807) is 18.2 Å². The predicted octanol–water partition coefficient (Wildman–Crippen LogP) is 7.88. The molecular formula is C27H19ClF3NOS. The lowest BCUT2D eigenvalue weighted by Gasteiger charge is -2.38. The normalized spacial score (nSPS) is 15.8. The molecule has 0 bridgehead atoms. The molecule has 7 heteroatoms. The summed E-state index contributed by atoms with van der Waals surface area (Å²) in [6.45, 7) is 0.516. The lowest BCUT2D eigenvalue weighted by atomic mass is 9.88. The average molecular weight is 498 g/mol. The zero-order valence-corrected chi connectivity index (χ0v) is 19.4. The maximum Gasteiger partial charge on any atom is 0.416 e. The van der Waals surface area contributed by atoms with E-state index in [4.69, 9.17) is 11.6 Å². The van der Waals surface area contributed by atoms with Gasteiger partial charge in [-0.3, -0.25) is 4.79 Å². The molecule has 0 saturated carbocycles. The van der Waals surface area contributed by atoms with Crippen LogP contribution in [0.15, 0.2) is 84.9 Å². The van der Waals surface area contributed by atoms with Gasteiger partial charge in [0.05, 0.1) is 16.5 Å². The van der Waals surface area contributed by atoms with Crippen LogP contribution in [0.25, 0.3) is 10.4 Å². The Morgan fingerprint density at radius 3 is 2.41 bits per heavy atom. The van der Waals surface area contributed by atoms with Crippen molar-refractivity contribution in [3.05, 3.63) is 117 Å². The molecule has 1 aliphatic heterocycles. The Morgan fingerprint density at radius 2 is 1.65 bits per heavy atom. The second-order valence-corrected chi connectivity index (χ2v) is 9.60. The molecule has 0 radical (unpaired) electrons. The molecule has 0 fully saturated rings. The van der Waals surface area contributed by atoms with Crippen LogP contribution in [0.1, 0.15) is 38.0 Å². The van der Waals surface area contributed by atoms with Crippen molar-refractivity contribution in [2.75, 3.05) is 6.54 Å². The summed E-state index contributed by atoms with van der Waals surface area (Å²) in [6, 6.07) is 23.7. The number of hydrogen-bond acceptors (Lipinski definition) is 2. The molecule has 0 N–H and O–H groups in total. The van der Waals surface area contributed by atoms with Crippen LogP contribution < -0.4 is 0 Å². The van der Waals surface area contributed by atoms with Crippen molar-refractivity contribution < 1.29 is 18.0 Å². The smallest absolute Gasteiger partial charge is 0.326 e. The van der Waals surface area contributed by atoms with E-state index in [9.17, 15) is 18.0 Å². The monoisotopic (exact) mass is 497 g/mol. The molecule has 172 valence electrons. The molecule has 5 rings (SSSR count). The van der Waals surface area contributed by atoms with E-state index in [1.165, 1.54) is 23.0 Å². The van der Waals surface area contributed by atoms with Crippen LogP contribution in [-0.4, -0.2) is 17.4 Å². The Bertz CT molecular complexity index is 1360. The number of thiophene rings is 1. The number of fused-ring (bicyclic) bond motifs is 1. The van der Waals surface area contributed by atoms with Crippen molar-refractivity contribution in [1.82, 2.24) is 4.90 Å². The van der Waals surface area contributed by atoms with E-state index in [2.05, 4.69) is 6.07 Å². The molecular weight excluding hydrogens is 479 g/mol. The minimum absolute atomic E-state index is 0.164. The zero-order valence-electron chi connectivity index (χ0n) is 17.9. The Kier molecular flexibility index (Phi) is 5.96. The van der Waals surface area contributed by atoms with Crippen molar-refractivity contribution in [2.24, 2.45) is 0 Å². The minimum atomic E-state index is -4.42. The number of hydrogen-bond donors (Lipinski definition) is 0. The Hall–Kier alpha value is -3.09. The minimum Gasteiger partial charge on any atom is -0.326 e. The van der Waals surface area contributed by atoms with Gasteiger partial charge in [-0.2, -0.15) is 13.2 Å². The van der Waals surface area contributed by atoms with Gasteiger partial charge in [-0.15, -0.1) is 11.3 Å². The van der Waals surface area contributed by atoms with Gasteiger partial charge in [0, 0.05) is 16.4 Å². The number of nitrogens with zero attached hydrogens (tertiary/aromatic N) is 1. The van der Waals surface area contributed by atoms with E-state index in [0.717, 1.165) is 23.3 Å². The van der Waals surface area contributed by atoms with Crippen LogP contribution in [0.3, 0.4) is 0 Å². The highest BCUT2D eigenvalue weighted by Gasteiger charge is 2.34. The van der Waals surface area contributed by atoms with Crippen molar-refractivity contribution >= 4 is 28.8 Å². The van der Waals surface area contributed by atoms with Crippen molar-refractivity contribution in [1.29, 1.82) is 0 Å². The standard InChI is InChI=1S/C27H19ClF3NOS/c28-22-11-4-3-10-21(22)25-20-9-2-1-6-17(20)14-15-32(25)26(33)24-13-12-23(34-24)18-7-5-8-19(16-18)27(29,30)31/h1-13,16,25H,14-15H2/t25-/m0/s1. The van der Waals surface area contributed by atoms with E-state index in [-0.39, 0.29) is 11.9 Å². The van der Waals surface area contributed by atoms with Crippen molar-refractivity contribution in [3.63, 3.8) is 0 Å². The van der Waals surface area contributed by atoms with Gasteiger partial charge in [-0.25, -0.2) is 0 Å². The van der Waals surface area contributed by atoms with Crippen LogP contribution >= 0.6 is 22.9 Å². The molecule has 4 aromatic rings. The number of benzene rings is 3. The molecule has 0 saturated heterocycles. The topological polar surface area (TPSA) is 20.3 Å². The lowest BCUT2D eigenvalue weighted by Crippen LogP contribution is -2.40. The quantitative estimate of drug-likeness (QED) is 0.282. The molecule has 0 unspecified atom stereocenters. The SMILES string of the molecule is O=C(c1ccc(-c2cccc(C(F)(F)F)c2)s1)N1CCc2ccccc2[C@H]1c1ccccc1Cl. The Morgan fingerprint density at radius 1 is 0.912 bits per heavy atom. The Balaban J connectivity index is 1.51. The lowest BCUT2D eigenvalue weighted by molar-refractivity contribution is -0.137. The van der Waals surface area contributed by atoms with E-state index in [1.807, 2.05) is 47.4 Å². The molecule has 1 aliphatic rings. The number of carbonyl (C=O) groups is 1. The molecule has 2 heterocycles. The third kappa shape index (κ3) is 4.24. The van der Waals surface area contributed by atoms with Gasteiger partial charge in [0.1, 0.15) is 0 Å². The molecule has 1 atom stereocenters. The molecule has 0 aliphatic carbocycles. The van der Waals surface area contributed by atoms with Crippen LogP contribution in [0.2, 0.25) is 5.02 Å². The summed E-state index contributed by atoms with van der Waals surface area (Å²) < 4.78 is 39.4. The third-order valence-corrected chi connectivity index (χ3v) is 7.50. The third-order valence-electron chi connectivity index (χ3n) is 6.04. The van der Waals surface area contributed by atoms with Gasteiger partial charge < -0.3 is 4.90 Å². The van der Waals surface area contributed by atoms with E-state index in [0.29, 0.717) is 33.3 Å². The fourth-order valence-electron chi connectivity index (χ4n) is 4.42. The summed E-state index contributed by atoms with van der Waals surface area (Å²) in [7, 11) is 0. The van der Waals surface area contributed by atoms with Crippen LogP contribution in [0, 0.1) is 0 Å². The maximum atomic E-state index is 13.7. The van der Waals surface area contributed by atoms with Gasteiger partial charge >= 0.3 is 6.18 Å². The van der Waals surface area contributed by atoms with Gasteiger partial charge in [0.15, 0.2) is 0 Å². The van der Waals surface area contributed by atoms with Gasteiger partial charge in [0.2, 0.25) is 0 Å². The molecule has 1 amide bonds. The van der Waals surface area contributed by atoms with Crippen LogP contribution in [-0.2, 0) is 12.6 Å². The van der Waals surface area contributed by atoms with Crippen molar-refractivity contribution in [3.8, 4) is 10.4 Å². The van der Waals surface area contributed by atoms with Gasteiger partial charge in [0.25, 0.3) is 5.91 Å². The van der Waals surface area contributed by atoms with Crippen LogP contribution in [0.5, 0.6) is 0 Å². The first-order valence-electron chi connectivity index (χ1n) is 10.7. The van der Waals surface area contributed by atoms with Crippen molar-refractivity contribution in [2.45, 2.75) is 18.6 Å². The number of alkyl halides is 3. The zero-order chi connectivity index (χ0) is 23.9. The highest BCUT2D eigenvalue weighted by Crippen LogP contribution is 2.40. The molecule has 1 aromatic heterocycles. The second-order valence-electron chi connectivity index (χ2n) is 8.11. The molecule has 0 spiro atoms. The van der Waals surface area contributed by atoms with E-state index < -0.39 is 11.7 Å². The number of amides is 1. The first-order valence-corrected chi connectivity index (χ1v) is 11.9. The maximum absolute atomic E-state index is 13.7. The fraction of sp³-hybridized carbons (Fsp3) is 0.148. The molecule has 2 nitrogen and oxygen atoms in total. The van der Waals surface area contributed by atoms with Gasteiger partial charge in [-0.1, -0.05) is 66.2 Å². The average Bonchev–Trinajstić information content (AvgIpc) is 3.33. The Labute approximate surface area is 204 Å². The summed E-state index contributed by atoms with van der Waals surface area (Å²) in [6.07, 6.45) is -3.70. The highest BCUT2D eigenvalue weighted by molar-refractivity contribution is 7.17. The second kappa shape index (κ2) is 8.93. The molecule has 34 heavy (non-hydrogen) atoms. The van der Waals surface area contributed by atoms with Crippen LogP contribution in [0.4, 0.5) is 13.2 Å². The summed E-state index contributed by atoms with van der Waals surface area (Å²) in [5, 5.41) is 0.581. The summed E-state index contributed by atoms with van der Waals surface area (Å²) in [5.74, 6) is -0.164.